The fraction of sp³-hybridized carbons (Fsp3) is 0.688. The summed E-state index contributed by atoms with van der Waals surface area (Å²) in [5.74, 6) is 0.321. The van der Waals surface area contributed by atoms with E-state index in [1.165, 1.54) is 17.7 Å². The third kappa shape index (κ3) is 3.65. The Hall–Kier alpha value is -0.910. The second kappa shape index (κ2) is 7.38. The van der Waals surface area contributed by atoms with Gasteiger partial charge in [-0.15, -0.1) is 11.3 Å². The van der Waals surface area contributed by atoms with E-state index in [2.05, 4.69) is 32.6 Å². The quantitative estimate of drug-likeness (QED) is 0.929. The number of carbonyl (C=O) groups is 1. The lowest BCUT2D eigenvalue weighted by molar-refractivity contribution is -0.137. The highest BCUT2D eigenvalue weighted by Gasteiger charge is 2.32. The smallest absolute Gasteiger partial charge is 0.245 e. The molecule has 1 unspecified atom stereocenters. The number of hydrogen-bond donors (Lipinski definition) is 1. The number of nitrogens with one attached hydrogen (secondary N) is 1. The van der Waals surface area contributed by atoms with Crippen molar-refractivity contribution in [2.45, 2.75) is 31.7 Å². The van der Waals surface area contributed by atoms with Crippen molar-refractivity contribution in [2.24, 2.45) is 0 Å². The topological polar surface area (TPSA) is 35.6 Å². The van der Waals surface area contributed by atoms with Gasteiger partial charge >= 0.3 is 0 Å². The van der Waals surface area contributed by atoms with Gasteiger partial charge in [0.2, 0.25) is 5.91 Å². The molecular weight excluding hydrogens is 282 g/mol. The summed E-state index contributed by atoms with van der Waals surface area (Å²) in [5, 5.41) is 5.46. The first-order chi connectivity index (χ1) is 10.4. The lowest BCUT2D eigenvalue weighted by atomic mass is 10.1. The molecule has 0 saturated carbocycles. The minimum absolute atomic E-state index is 0.0646. The minimum atomic E-state index is -0.0646. The number of piperazine rings is 1. The molecule has 2 aliphatic heterocycles. The zero-order valence-electron chi connectivity index (χ0n) is 12.6. The maximum absolute atomic E-state index is 13.1. The van der Waals surface area contributed by atoms with Crippen molar-refractivity contribution in [3.05, 3.63) is 22.4 Å². The van der Waals surface area contributed by atoms with Crippen molar-refractivity contribution in [2.75, 3.05) is 39.3 Å². The molecule has 0 aromatic carbocycles. The van der Waals surface area contributed by atoms with Crippen LogP contribution in [0.3, 0.4) is 0 Å². The average Bonchev–Trinajstić information content (AvgIpc) is 2.90. The van der Waals surface area contributed by atoms with E-state index >= 15 is 0 Å². The van der Waals surface area contributed by atoms with Crippen LogP contribution in [0.15, 0.2) is 17.5 Å². The molecule has 1 amide bonds. The van der Waals surface area contributed by atoms with E-state index in [1.54, 1.807) is 11.3 Å². The lowest BCUT2D eigenvalue weighted by Crippen LogP contribution is -2.50. The van der Waals surface area contributed by atoms with Gasteiger partial charge in [-0.05, 0) is 24.3 Å². The molecule has 5 heteroatoms. The molecule has 1 aromatic heterocycles. The van der Waals surface area contributed by atoms with E-state index in [4.69, 9.17) is 0 Å². The Bertz CT molecular complexity index is 434. The summed E-state index contributed by atoms with van der Waals surface area (Å²) < 4.78 is 0. The molecular formula is C16H25N3OS. The van der Waals surface area contributed by atoms with Crippen molar-refractivity contribution in [3.63, 3.8) is 0 Å². The molecule has 116 valence electrons. The van der Waals surface area contributed by atoms with Crippen LogP contribution in [0.1, 0.15) is 36.6 Å². The van der Waals surface area contributed by atoms with E-state index in [1.807, 2.05) is 0 Å². The normalized spacial score (nSPS) is 22.8. The summed E-state index contributed by atoms with van der Waals surface area (Å²) in [4.78, 5) is 18.8. The van der Waals surface area contributed by atoms with Crippen molar-refractivity contribution in [1.82, 2.24) is 15.1 Å². The highest BCUT2D eigenvalue weighted by atomic mass is 32.1. The average molecular weight is 307 g/mol. The van der Waals surface area contributed by atoms with Gasteiger partial charge in [0.1, 0.15) is 6.04 Å². The molecule has 1 N–H and O–H groups in total. The fourth-order valence-corrected chi connectivity index (χ4v) is 4.16. The van der Waals surface area contributed by atoms with Crippen LogP contribution in [0.2, 0.25) is 0 Å². The standard InChI is InChI=1S/C16H25N3OS/c20-16(19-9-3-1-2-4-10-19)15(14-6-5-13-21-14)18-11-7-17-8-12-18/h5-6,13,15,17H,1-4,7-12H2. The molecule has 21 heavy (non-hydrogen) atoms. The van der Waals surface area contributed by atoms with Crippen LogP contribution >= 0.6 is 11.3 Å². The summed E-state index contributed by atoms with van der Waals surface area (Å²) in [5.41, 5.74) is 0. The highest BCUT2D eigenvalue weighted by molar-refractivity contribution is 7.10. The molecule has 3 heterocycles. The number of amides is 1. The molecule has 2 saturated heterocycles. The molecule has 1 aromatic rings. The summed E-state index contributed by atoms with van der Waals surface area (Å²) in [7, 11) is 0. The summed E-state index contributed by atoms with van der Waals surface area (Å²) in [6.45, 7) is 5.76. The molecule has 0 aliphatic carbocycles. The van der Waals surface area contributed by atoms with E-state index in [0.717, 1.165) is 52.1 Å². The van der Waals surface area contributed by atoms with E-state index in [9.17, 15) is 4.79 Å². The number of hydrogen-bond acceptors (Lipinski definition) is 4. The van der Waals surface area contributed by atoms with Crippen molar-refractivity contribution in [1.29, 1.82) is 0 Å². The first kappa shape index (κ1) is 15.0. The Kier molecular flexibility index (Phi) is 5.27. The summed E-state index contributed by atoms with van der Waals surface area (Å²) in [6.07, 6.45) is 4.84. The summed E-state index contributed by atoms with van der Waals surface area (Å²) in [6, 6.07) is 4.11. The first-order valence-corrected chi connectivity index (χ1v) is 9.01. The van der Waals surface area contributed by atoms with E-state index in [-0.39, 0.29) is 6.04 Å². The molecule has 4 nitrogen and oxygen atoms in total. The van der Waals surface area contributed by atoms with Gasteiger partial charge in [-0.3, -0.25) is 9.69 Å². The van der Waals surface area contributed by atoms with E-state index < -0.39 is 0 Å². The third-order valence-corrected chi connectivity index (χ3v) is 5.41. The van der Waals surface area contributed by atoms with Crippen molar-refractivity contribution in [3.8, 4) is 0 Å². The summed E-state index contributed by atoms with van der Waals surface area (Å²) >= 11 is 1.71. The Labute approximate surface area is 131 Å². The zero-order valence-corrected chi connectivity index (χ0v) is 13.4. The number of nitrogens with zero attached hydrogens (tertiary/aromatic N) is 2. The first-order valence-electron chi connectivity index (χ1n) is 8.13. The number of carbonyl (C=O) groups excluding carboxylic acids is 1. The van der Waals surface area contributed by atoms with Gasteiger partial charge in [0.15, 0.2) is 0 Å². The van der Waals surface area contributed by atoms with Crippen molar-refractivity contribution < 1.29 is 4.79 Å². The van der Waals surface area contributed by atoms with Gasteiger partial charge in [0.25, 0.3) is 0 Å². The van der Waals surface area contributed by atoms with Gasteiger partial charge in [-0.1, -0.05) is 18.9 Å². The number of thiophene rings is 1. The Balaban J connectivity index is 1.78. The predicted molar refractivity (Wildman–Crippen MR) is 86.6 cm³/mol. The highest BCUT2D eigenvalue weighted by Crippen LogP contribution is 2.28. The van der Waals surface area contributed by atoms with E-state index in [0.29, 0.717) is 5.91 Å². The van der Waals surface area contributed by atoms with Crippen LogP contribution < -0.4 is 5.32 Å². The largest absolute Gasteiger partial charge is 0.341 e. The third-order valence-electron chi connectivity index (χ3n) is 4.48. The van der Waals surface area contributed by atoms with Crippen LogP contribution in [0.5, 0.6) is 0 Å². The molecule has 0 radical (unpaired) electrons. The second-order valence-corrected chi connectivity index (χ2v) is 6.92. The monoisotopic (exact) mass is 307 g/mol. The SMILES string of the molecule is O=C(C(c1cccs1)N1CCNCC1)N1CCCCCC1. The zero-order chi connectivity index (χ0) is 14.5. The fourth-order valence-electron chi connectivity index (χ4n) is 3.31. The second-order valence-electron chi connectivity index (χ2n) is 5.94. The van der Waals surface area contributed by atoms with Crippen LogP contribution in [0.4, 0.5) is 0 Å². The van der Waals surface area contributed by atoms with Crippen LogP contribution in [0, 0.1) is 0 Å². The molecule has 0 bridgehead atoms. The van der Waals surface area contributed by atoms with Gasteiger partial charge in [-0.2, -0.15) is 0 Å². The van der Waals surface area contributed by atoms with Gasteiger partial charge in [0.05, 0.1) is 0 Å². The van der Waals surface area contributed by atoms with Gasteiger partial charge in [-0.25, -0.2) is 0 Å². The Morgan fingerprint density at radius 3 is 2.43 bits per heavy atom. The molecule has 3 rings (SSSR count). The Morgan fingerprint density at radius 2 is 1.81 bits per heavy atom. The molecule has 0 spiro atoms. The van der Waals surface area contributed by atoms with Gasteiger partial charge in [0, 0.05) is 44.1 Å². The molecule has 1 atom stereocenters. The minimum Gasteiger partial charge on any atom is -0.341 e. The Morgan fingerprint density at radius 1 is 1.10 bits per heavy atom. The van der Waals surface area contributed by atoms with Crippen molar-refractivity contribution >= 4 is 17.2 Å². The lowest BCUT2D eigenvalue weighted by Gasteiger charge is -2.36. The molecule has 2 fully saturated rings. The number of likely N-dealkylation sites (tertiary alicyclic amines) is 1. The molecule has 2 aliphatic rings. The van der Waals surface area contributed by atoms with Crippen LogP contribution in [-0.4, -0.2) is 55.0 Å². The predicted octanol–water partition coefficient (Wildman–Crippen LogP) is 2.10. The van der Waals surface area contributed by atoms with Gasteiger partial charge < -0.3 is 10.2 Å². The maximum atomic E-state index is 13.1. The maximum Gasteiger partial charge on any atom is 0.245 e. The number of rotatable bonds is 3. The van der Waals surface area contributed by atoms with Crippen LogP contribution in [0.25, 0.3) is 0 Å². The van der Waals surface area contributed by atoms with Crippen LogP contribution in [-0.2, 0) is 4.79 Å².